The highest BCUT2D eigenvalue weighted by molar-refractivity contribution is 5.34. The molecule has 0 fully saturated rings. The van der Waals surface area contributed by atoms with Crippen LogP contribution in [0.5, 0.6) is 11.5 Å². The smallest absolute Gasteiger partial charge is 0.127 e. The van der Waals surface area contributed by atoms with Crippen molar-refractivity contribution >= 4 is 0 Å². The van der Waals surface area contributed by atoms with E-state index in [2.05, 4.69) is 43.4 Å². The van der Waals surface area contributed by atoms with Crippen molar-refractivity contribution in [2.45, 2.75) is 33.2 Å². The first-order valence-electron chi connectivity index (χ1n) is 7.38. The number of hydrogen-bond acceptors (Lipinski definition) is 2. The summed E-state index contributed by atoms with van der Waals surface area (Å²) in [5.41, 5.74) is 2.61. The molecule has 1 N–H and O–H groups in total. The summed E-state index contributed by atoms with van der Waals surface area (Å²) in [4.78, 5) is 0. The lowest BCUT2D eigenvalue weighted by Crippen LogP contribution is -2.13. The monoisotopic (exact) mass is 269 g/mol. The van der Waals surface area contributed by atoms with Crippen molar-refractivity contribution in [3.63, 3.8) is 0 Å². The van der Waals surface area contributed by atoms with Crippen molar-refractivity contribution in [3.8, 4) is 11.5 Å². The molecule has 0 saturated heterocycles. The summed E-state index contributed by atoms with van der Waals surface area (Å²) in [6, 6.07) is 16.5. The lowest BCUT2D eigenvalue weighted by atomic mass is 10.2. The number of benzene rings is 2. The van der Waals surface area contributed by atoms with Gasteiger partial charge in [-0.25, -0.2) is 0 Å². The van der Waals surface area contributed by atoms with E-state index in [1.165, 1.54) is 11.1 Å². The fourth-order valence-corrected chi connectivity index (χ4v) is 2.01. The van der Waals surface area contributed by atoms with Crippen LogP contribution in [0.3, 0.4) is 0 Å². The predicted octanol–water partition coefficient (Wildman–Crippen LogP) is 4.54. The van der Waals surface area contributed by atoms with Gasteiger partial charge in [-0.1, -0.05) is 38.1 Å². The van der Waals surface area contributed by atoms with Crippen LogP contribution in [-0.4, -0.2) is 6.54 Å². The van der Waals surface area contributed by atoms with Gasteiger partial charge in [-0.15, -0.1) is 0 Å². The molecule has 0 bridgehead atoms. The summed E-state index contributed by atoms with van der Waals surface area (Å²) < 4.78 is 5.84. The second kappa shape index (κ2) is 7.71. The summed E-state index contributed by atoms with van der Waals surface area (Å²) in [5, 5.41) is 3.39. The van der Waals surface area contributed by atoms with Crippen LogP contribution >= 0.6 is 0 Å². The Kier molecular flexibility index (Phi) is 5.63. The highest BCUT2D eigenvalue weighted by atomic mass is 16.5. The summed E-state index contributed by atoms with van der Waals surface area (Å²) >= 11 is 0. The standard InChI is InChI=1S/C18H23NO/c1-3-13-19-14-16-7-11-18(12-8-16)20-17-9-5-15(4-2)6-10-17/h5-12,19H,3-4,13-14H2,1-2H3. The first kappa shape index (κ1) is 14.6. The lowest BCUT2D eigenvalue weighted by molar-refractivity contribution is 0.482. The van der Waals surface area contributed by atoms with Gasteiger partial charge in [0.05, 0.1) is 0 Å². The van der Waals surface area contributed by atoms with Crippen LogP contribution in [0.4, 0.5) is 0 Å². The summed E-state index contributed by atoms with van der Waals surface area (Å²) in [7, 11) is 0. The Labute approximate surface area is 121 Å². The van der Waals surface area contributed by atoms with Crippen molar-refractivity contribution in [1.82, 2.24) is 5.32 Å². The maximum Gasteiger partial charge on any atom is 0.127 e. The van der Waals surface area contributed by atoms with E-state index in [0.29, 0.717) is 0 Å². The van der Waals surface area contributed by atoms with Gasteiger partial charge in [0.25, 0.3) is 0 Å². The molecule has 0 heterocycles. The topological polar surface area (TPSA) is 21.3 Å². The van der Waals surface area contributed by atoms with E-state index in [1.807, 2.05) is 24.3 Å². The van der Waals surface area contributed by atoms with Gasteiger partial charge < -0.3 is 10.1 Å². The lowest BCUT2D eigenvalue weighted by Gasteiger charge is -2.08. The van der Waals surface area contributed by atoms with Crippen LogP contribution in [0.1, 0.15) is 31.4 Å². The second-order valence-corrected chi connectivity index (χ2v) is 4.92. The molecule has 0 radical (unpaired) electrons. The molecule has 2 aromatic carbocycles. The Morgan fingerprint density at radius 2 is 1.35 bits per heavy atom. The molecule has 0 aliphatic rings. The molecule has 0 saturated carbocycles. The molecule has 2 heteroatoms. The fraction of sp³-hybridized carbons (Fsp3) is 0.333. The average molecular weight is 269 g/mol. The first-order chi connectivity index (χ1) is 9.81. The molecular weight excluding hydrogens is 246 g/mol. The Balaban J connectivity index is 1.92. The Morgan fingerprint density at radius 3 is 1.85 bits per heavy atom. The van der Waals surface area contributed by atoms with E-state index < -0.39 is 0 Å². The number of rotatable bonds is 7. The van der Waals surface area contributed by atoms with E-state index >= 15 is 0 Å². The van der Waals surface area contributed by atoms with E-state index in [9.17, 15) is 0 Å². The predicted molar refractivity (Wildman–Crippen MR) is 84.3 cm³/mol. The third-order valence-electron chi connectivity index (χ3n) is 3.25. The van der Waals surface area contributed by atoms with Gasteiger partial charge >= 0.3 is 0 Å². The first-order valence-corrected chi connectivity index (χ1v) is 7.38. The minimum Gasteiger partial charge on any atom is -0.457 e. The van der Waals surface area contributed by atoms with Gasteiger partial charge in [-0.05, 0) is 54.8 Å². The van der Waals surface area contributed by atoms with E-state index in [4.69, 9.17) is 4.74 Å². The minimum atomic E-state index is 0.883. The molecule has 0 atom stereocenters. The largest absolute Gasteiger partial charge is 0.457 e. The van der Waals surface area contributed by atoms with Crippen molar-refractivity contribution in [1.29, 1.82) is 0 Å². The zero-order valence-corrected chi connectivity index (χ0v) is 12.4. The molecule has 0 aliphatic carbocycles. The molecule has 2 nitrogen and oxygen atoms in total. The molecule has 106 valence electrons. The van der Waals surface area contributed by atoms with Crippen molar-refractivity contribution in [3.05, 3.63) is 59.7 Å². The van der Waals surface area contributed by atoms with Gasteiger partial charge in [0.15, 0.2) is 0 Å². The van der Waals surface area contributed by atoms with Crippen LogP contribution in [0.25, 0.3) is 0 Å². The number of aryl methyl sites for hydroxylation is 1. The Bertz CT molecular complexity index is 502. The van der Waals surface area contributed by atoms with E-state index in [-0.39, 0.29) is 0 Å². The van der Waals surface area contributed by atoms with Gasteiger partial charge in [-0.2, -0.15) is 0 Å². The highest BCUT2D eigenvalue weighted by Gasteiger charge is 1.98. The van der Waals surface area contributed by atoms with Crippen LogP contribution in [0, 0.1) is 0 Å². The van der Waals surface area contributed by atoms with E-state index in [0.717, 1.165) is 37.4 Å². The van der Waals surface area contributed by atoms with Gasteiger partial charge in [-0.3, -0.25) is 0 Å². The fourth-order valence-electron chi connectivity index (χ4n) is 2.01. The highest BCUT2D eigenvalue weighted by Crippen LogP contribution is 2.22. The third-order valence-corrected chi connectivity index (χ3v) is 3.25. The number of hydrogen-bond donors (Lipinski definition) is 1. The summed E-state index contributed by atoms with van der Waals surface area (Å²) in [6.07, 6.45) is 2.22. The molecular formula is C18H23NO. The zero-order valence-electron chi connectivity index (χ0n) is 12.4. The second-order valence-electron chi connectivity index (χ2n) is 4.92. The van der Waals surface area contributed by atoms with Crippen LogP contribution in [0.15, 0.2) is 48.5 Å². The minimum absolute atomic E-state index is 0.883. The van der Waals surface area contributed by atoms with Crippen LogP contribution in [-0.2, 0) is 13.0 Å². The van der Waals surface area contributed by atoms with E-state index in [1.54, 1.807) is 0 Å². The number of nitrogens with one attached hydrogen (secondary N) is 1. The maximum absolute atomic E-state index is 5.84. The molecule has 2 rings (SSSR count). The SMILES string of the molecule is CCCNCc1ccc(Oc2ccc(CC)cc2)cc1. The zero-order chi connectivity index (χ0) is 14.2. The molecule has 2 aromatic rings. The third kappa shape index (κ3) is 4.39. The Hall–Kier alpha value is -1.80. The van der Waals surface area contributed by atoms with Crippen LogP contribution in [0.2, 0.25) is 0 Å². The van der Waals surface area contributed by atoms with Gasteiger partial charge in [0.1, 0.15) is 11.5 Å². The van der Waals surface area contributed by atoms with Crippen molar-refractivity contribution in [2.75, 3.05) is 6.54 Å². The molecule has 0 amide bonds. The van der Waals surface area contributed by atoms with Crippen LogP contribution < -0.4 is 10.1 Å². The molecule has 0 aromatic heterocycles. The Morgan fingerprint density at radius 1 is 0.800 bits per heavy atom. The summed E-state index contributed by atoms with van der Waals surface area (Å²) in [5.74, 6) is 1.77. The summed E-state index contributed by atoms with van der Waals surface area (Å²) in [6.45, 7) is 6.30. The number of ether oxygens (including phenoxy) is 1. The van der Waals surface area contributed by atoms with Gasteiger partial charge in [0, 0.05) is 6.54 Å². The van der Waals surface area contributed by atoms with Crippen molar-refractivity contribution < 1.29 is 4.74 Å². The van der Waals surface area contributed by atoms with Gasteiger partial charge in [0.2, 0.25) is 0 Å². The molecule has 0 unspecified atom stereocenters. The quantitative estimate of drug-likeness (QED) is 0.745. The maximum atomic E-state index is 5.84. The molecule has 20 heavy (non-hydrogen) atoms. The average Bonchev–Trinajstić information content (AvgIpc) is 2.50. The normalized spacial score (nSPS) is 10.5. The van der Waals surface area contributed by atoms with Crippen molar-refractivity contribution in [2.24, 2.45) is 0 Å². The molecule has 0 aliphatic heterocycles. The molecule has 0 spiro atoms.